The van der Waals surface area contributed by atoms with Crippen molar-refractivity contribution in [2.24, 2.45) is 5.92 Å². The Bertz CT molecular complexity index is 1540. The lowest BCUT2D eigenvalue weighted by Crippen LogP contribution is -2.28. The monoisotopic (exact) mass is 426 g/mol. The molecule has 0 saturated heterocycles. The molecule has 33 heavy (non-hydrogen) atoms. The summed E-state index contributed by atoms with van der Waals surface area (Å²) in [4.78, 5) is 0. The molecule has 0 nitrogen and oxygen atoms in total. The van der Waals surface area contributed by atoms with Crippen molar-refractivity contribution in [2.45, 2.75) is 39.0 Å². The topological polar surface area (TPSA) is 0 Å². The fourth-order valence-corrected chi connectivity index (χ4v) is 5.97. The van der Waals surface area contributed by atoms with Crippen LogP contribution in [0.3, 0.4) is 0 Å². The first-order valence-corrected chi connectivity index (χ1v) is 12.3. The average Bonchev–Trinajstić information content (AvgIpc) is 2.87. The van der Waals surface area contributed by atoms with E-state index in [2.05, 4.69) is 104 Å². The van der Waals surface area contributed by atoms with Gasteiger partial charge in [-0.05, 0) is 99.2 Å². The highest BCUT2D eigenvalue weighted by atomic mass is 14.3. The van der Waals surface area contributed by atoms with Crippen LogP contribution in [0, 0.1) is 23.3 Å². The van der Waals surface area contributed by atoms with Gasteiger partial charge < -0.3 is 0 Å². The van der Waals surface area contributed by atoms with E-state index in [9.17, 15) is 0 Å². The molecule has 1 atom stereocenters. The summed E-state index contributed by atoms with van der Waals surface area (Å²) < 4.78 is 0. The predicted molar refractivity (Wildman–Crippen MR) is 138 cm³/mol. The van der Waals surface area contributed by atoms with Crippen LogP contribution >= 0.6 is 0 Å². The van der Waals surface area contributed by atoms with Gasteiger partial charge in [0, 0.05) is 0 Å². The maximum absolute atomic E-state index is 2.43. The summed E-state index contributed by atoms with van der Waals surface area (Å²) >= 11 is 0. The lowest BCUT2D eigenvalue weighted by atomic mass is 9.76. The molecule has 0 heterocycles. The smallest absolute Gasteiger partial charge is 0.00791 e. The van der Waals surface area contributed by atoms with Crippen molar-refractivity contribution in [3.8, 4) is 0 Å². The summed E-state index contributed by atoms with van der Waals surface area (Å²) in [5.74, 6) is 0.677. The standard InChI is InChI=1S/C33H30/c1-23-9-5-7-13-27(23)32-21-25(16-15-24-10-3-2-4-11-24)22-33-30-18-17-26-12-6-8-14-28(26)29(30)19-20-31(32)33/h2-14,17,19-20,25H,15-16,18,21-22H2,1H3. The van der Waals surface area contributed by atoms with Crippen molar-refractivity contribution in [1.29, 1.82) is 0 Å². The first-order valence-electron chi connectivity index (χ1n) is 12.3. The van der Waals surface area contributed by atoms with E-state index in [-0.39, 0.29) is 0 Å². The minimum Gasteiger partial charge on any atom is -0.0722 e. The highest BCUT2D eigenvalue weighted by Gasteiger charge is 2.24. The van der Waals surface area contributed by atoms with Crippen LogP contribution in [-0.2, 0) is 19.3 Å². The minimum atomic E-state index is 0.677. The van der Waals surface area contributed by atoms with E-state index in [1.54, 1.807) is 16.7 Å². The van der Waals surface area contributed by atoms with Gasteiger partial charge in [0.15, 0.2) is 0 Å². The van der Waals surface area contributed by atoms with Gasteiger partial charge in [0.1, 0.15) is 0 Å². The number of aryl methyl sites for hydroxylation is 2. The molecule has 162 valence electrons. The van der Waals surface area contributed by atoms with E-state index in [1.165, 1.54) is 56.8 Å². The molecule has 0 aromatic heterocycles. The van der Waals surface area contributed by atoms with E-state index < -0.39 is 0 Å². The van der Waals surface area contributed by atoms with E-state index in [1.807, 2.05) is 0 Å². The SMILES string of the molecule is Cc1ccccc1C1=c2ccc3c(c2CC(CCc2ccccc2)C1)CC=c1ccccc1=3. The van der Waals surface area contributed by atoms with Crippen LogP contribution in [0.1, 0.15) is 40.7 Å². The van der Waals surface area contributed by atoms with Gasteiger partial charge in [-0.15, -0.1) is 0 Å². The summed E-state index contributed by atoms with van der Waals surface area (Å²) in [6, 6.07) is 33.6. The van der Waals surface area contributed by atoms with Gasteiger partial charge in [-0.25, -0.2) is 0 Å². The van der Waals surface area contributed by atoms with E-state index in [0.717, 1.165) is 12.8 Å². The highest BCUT2D eigenvalue weighted by molar-refractivity contribution is 5.70. The van der Waals surface area contributed by atoms with Gasteiger partial charge in [0.25, 0.3) is 0 Å². The molecule has 6 rings (SSSR count). The third-order valence-corrected chi connectivity index (χ3v) is 7.67. The molecule has 0 saturated carbocycles. The normalized spacial score (nSPS) is 16.4. The molecule has 0 heteroatoms. The molecular weight excluding hydrogens is 396 g/mol. The zero-order valence-corrected chi connectivity index (χ0v) is 19.4. The third kappa shape index (κ3) is 3.74. The van der Waals surface area contributed by atoms with Crippen LogP contribution in [0.2, 0.25) is 0 Å². The summed E-state index contributed by atoms with van der Waals surface area (Å²) in [6.45, 7) is 2.26. The Kier molecular flexibility index (Phi) is 5.23. The molecule has 4 aromatic rings. The molecule has 0 amide bonds. The molecule has 0 fully saturated rings. The van der Waals surface area contributed by atoms with Gasteiger partial charge in [-0.3, -0.25) is 0 Å². The van der Waals surface area contributed by atoms with Crippen molar-refractivity contribution >= 4 is 11.6 Å². The predicted octanol–water partition coefficient (Wildman–Crippen LogP) is 6.01. The largest absolute Gasteiger partial charge is 0.0722 e. The maximum atomic E-state index is 2.43. The first kappa shape index (κ1) is 20.2. The number of fused-ring (bicyclic) bond motifs is 4. The fourth-order valence-electron chi connectivity index (χ4n) is 5.97. The molecule has 2 aliphatic rings. The summed E-state index contributed by atoms with van der Waals surface area (Å²) in [7, 11) is 0. The molecule has 1 unspecified atom stereocenters. The summed E-state index contributed by atoms with van der Waals surface area (Å²) in [5, 5.41) is 5.71. The second-order valence-corrected chi connectivity index (χ2v) is 9.71. The average molecular weight is 427 g/mol. The van der Waals surface area contributed by atoms with Gasteiger partial charge in [0.2, 0.25) is 0 Å². The lowest BCUT2D eigenvalue weighted by Gasteiger charge is -2.28. The van der Waals surface area contributed by atoms with Crippen molar-refractivity contribution in [1.82, 2.24) is 0 Å². The molecule has 0 radical (unpaired) electrons. The number of rotatable bonds is 4. The maximum Gasteiger partial charge on any atom is -0.00791 e. The second-order valence-electron chi connectivity index (χ2n) is 9.71. The zero-order valence-electron chi connectivity index (χ0n) is 19.4. The van der Waals surface area contributed by atoms with Crippen molar-refractivity contribution in [3.63, 3.8) is 0 Å². The molecule has 0 N–H and O–H groups in total. The quantitative estimate of drug-likeness (QED) is 0.375. The van der Waals surface area contributed by atoms with Crippen molar-refractivity contribution in [3.05, 3.63) is 140 Å². The van der Waals surface area contributed by atoms with Crippen LogP contribution in [0.25, 0.3) is 11.6 Å². The van der Waals surface area contributed by atoms with Crippen LogP contribution in [0.5, 0.6) is 0 Å². The van der Waals surface area contributed by atoms with E-state index in [4.69, 9.17) is 0 Å². The Morgan fingerprint density at radius 1 is 0.667 bits per heavy atom. The van der Waals surface area contributed by atoms with Crippen LogP contribution in [-0.4, -0.2) is 0 Å². The Morgan fingerprint density at radius 2 is 1.42 bits per heavy atom. The Labute approximate surface area is 196 Å². The molecule has 4 aromatic carbocycles. The molecule has 2 aliphatic carbocycles. The van der Waals surface area contributed by atoms with Gasteiger partial charge in [0.05, 0.1) is 0 Å². The number of hydrogen-bond donors (Lipinski definition) is 0. The Morgan fingerprint density at radius 3 is 2.30 bits per heavy atom. The summed E-state index contributed by atoms with van der Waals surface area (Å²) in [6.07, 6.45) is 8.23. The van der Waals surface area contributed by atoms with E-state index >= 15 is 0 Å². The molecule has 0 spiro atoms. The van der Waals surface area contributed by atoms with Crippen LogP contribution in [0.4, 0.5) is 0 Å². The highest BCUT2D eigenvalue weighted by Crippen LogP contribution is 2.33. The van der Waals surface area contributed by atoms with Crippen molar-refractivity contribution < 1.29 is 0 Å². The zero-order chi connectivity index (χ0) is 22.2. The van der Waals surface area contributed by atoms with Crippen LogP contribution in [0.15, 0.2) is 91.0 Å². The number of benzene rings is 4. The van der Waals surface area contributed by atoms with Gasteiger partial charge in [-0.2, -0.15) is 0 Å². The molecule has 0 aliphatic heterocycles. The third-order valence-electron chi connectivity index (χ3n) is 7.67. The Hall–Kier alpha value is -3.38. The van der Waals surface area contributed by atoms with Gasteiger partial charge in [-0.1, -0.05) is 97.1 Å². The number of hydrogen-bond acceptors (Lipinski definition) is 0. The van der Waals surface area contributed by atoms with Gasteiger partial charge >= 0.3 is 0 Å². The van der Waals surface area contributed by atoms with Crippen LogP contribution < -0.4 is 10.4 Å². The van der Waals surface area contributed by atoms with Crippen molar-refractivity contribution in [2.75, 3.05) is 0 Å². The molecular formula is C33H30. The Balaban J connectivity index is 1.52. The second kappa shape index (κ2) is 8.52. The molecule has 0 bridgehead atoms. The lowest BCUT2D eigenvalue weighted by molar-refractivity contribution is 0.483. The first-order chi connectivity index (χ1) is 16.3. The fraction of sp³-hybridized carbons (Fsp3) is 0.212. The minimum absolute atomic E-state index is 0.677. The summed E-state index contributed by atoms with van der Waals surface area (Å²) in [5.41, 5.74) is 8.98. The van der Waals surface area contributed by atoms with E-state index in [0.29, 0.717) is 5.92 Å².